The van der Waals surface area contributed by atoms with E-state index in [4.69, 9.17) is 9.47 Å². The number of nitrogens with zero attached hydrogens (tertiary/aromatic N) is 5. The lowest BCUT2D eigenvalue weighted by molar-refractivity contribution is 0.252. The van der Waals surface area contributed by atoms with E-state index in [9.17, 15) is 4.79 Å². The van der Waals surface area contributed by atoms with Crippen molar-refractivity contribution >= 4 is 23.0 Å². The number of carbonyl (C=O) groups excluding carboxylic acids is 1. The summed E-state index contributed by atoms with van der Waals surface area (Å²) in [4.78, 5) is 33.0. The summed E-state index contributed by atoms with van der Waals surface area (Å²) in [5.74, 6) is 0.709. The molecule has 0 fully saturated rings. The van der Waals surface area contributed by atoms with Gasteiger partial charge >= 0.3 is 12.0 Å². The predicted octanol–water partition coefficient (Wildman–Crippen LogP) is 1.64. The minimum absolute atomic E-state index is 0.154. The molecule has 0 spiro atoms. The molecule has 0 aromatic carbocycles. The van der Waals surface area contributed by atoms with E-state index < -0.39 is 0 Å². The van der Waals surface area contributed by atoms with Crippen LogP contribution in [0.15, 0.2) is 24.4 Å². The number of ether oxygens (including phenoxy) is 2. The van der Waals surface area contributed by atoms with Gasteiger partial charge in [0.25, 0.3) is 0 Å². The molecule has 0 unspecified atom stereocenters. The third-order valence-corrected chi connectivity index (χ3v) is 3.32. The van der Waals surface area contributed by atoms with Crippen LogP contribution >= 0.6 is 0 Å². The number of aromatic nitrogens is 5. The minimum atomic E-state index is -0.339. The van der Waals surface area contributed by atoms with E-state index >= 15 is 0 Å². The fourth-order valence-electron chi connectivity index (χ4n) is 2.14. The molecule has 0 saturated heterocycles. The molecule has 3 aromatic heterocycles. The second kappa shape index (κ2) is 7.55. The van der Waals surface area contributed by atoms with Crippen molar-refractivity contribution in [2.75, 3.05) is 26.1 Å². The van der Waals surface area contributed by atoms with Gasteiger partial charge in [0.1, 0.15) is 22.7 Å². The molecule has 2 amide bonds. The van der Waals surface area contributed by atoms with Gasteiger partial charge in [-0.15, -0.1) is 0 Å². The van der Waals surface area contributed by atoms with Gasteiger partial charge in [-0.2, -0.15) is 9.97 Å². The molecule has 26 heavy (non-hydrogen) atoms. The van der Waals surface area contributed by atoms with Gasteiger partial charge in [0, 0.05) is 12.6 Å². The topological polar surface area (TPSA) is 124 Å². The first-order valence-electron chi connectivity index (χ1n) is 7.79. The maximum atomic E-state index is 11.6. The van der Waals surface area contributed by atoms with E-state index in [1.165, 1.54) is 14.2 Å². The first kappa shape index (κ1) is 17.3. The molecular formula is C16H17N7O3. The first-order valence-corrected chi connectivity index (χ1v) is 7.79. The highest BCUT2D eigenvalue weighted by Gasteiger charge is 2.11. The fourth-order valence-corrected chi connectivity index (χ4v) is 2.14. The number of anilines is 1. The highest BCUT2D eigenvalue weighted by atomic mass is 16.5. The maximum Gasteiger partial charge on any atom is 0.320 e. The van der Waals surface area contributed by atoms with Gasteiger partial charge in [0.15, 0.2) is 5.65 Å². The second-order valence-electron chi connectivity index (χ2n) is 5.06. The van der Waals surface area contributed by atoms with Crippen LogP contribution in [0.1, 0.15) is 6.92 Å². The Bertz CT molecular complexity index is 926. The van der Waals surface area contributed by atoms with Crippen molar-refractivity contribution in [1.82, 2.24) is 30.2 Å². The number of amides is 2. The molecule has 0 radical (unpaired) electrons. The molecule has 3 aromatic rings. The smallest absolute Gasteiger partial charge is 0.320 e. The lowest BCUT2D eigenvalue weighted by Gasteiger charge is -2.07. The average molecular weight is 355 g/mol. The molecule has 3 rings (SSSR count). The minimum Gasteiger partial charge on any atom is -0.481 e. The van der Waals surface area contributed by atoms with Crippen LogP contribution < -0.4 is 20.1 Å². The first-order chi connectivity index (χ1) is 12.6. The summed E-state index contributed by atoms with van der Waals surface area (Å²) in [5.41, 5.74) is 1.91. The summed E-state index contributed by atoms with van der Waals surface area (Å²) in [7, 11) is 2.96. The Hall–Kier alpha value is -3.56. The summed E-state index contributed by atoms with van der Waals surface area (Å²) < 4.78 is 10.2. The van der Waals surface area contributed by atoms with E-state index in [1.807, 2.05) is 6.92 Å². The average Bonchev–Trinajstić information content (AvgIpc) is 2.67. The Morgan fingerprint density at radius 1 is 1.08 bits per heavy atom. The van der Waals surface area contributed by atoms with Crippen LogP contribution in [0, 0.1) is 0 Å². The van der Waals surface area contributed by atoms with Crippen molar-refractivity contribution in [3.63, 3.8) is 0 Å². The van der Waals surface area contributed by atoms with E-state index in [0.717, 1.165) is 0 Å². The molecule has 10 heteroatoms. The van der Waals surface area contributed by atoms with E-state index in [2.05, 4.69) is 35.6 Å². The lowest BCUT2D eigenvalue weighted by atomic mass is 10.3. The standard InChI is InChI=1S/C16H17N7O3/c1-4-17-15(24)22-12-6-5-9-14(21-12)19-11(8-18-9)10-7-13(25-2)23-16(20-10)26-3/h5-8H,4H2,1-3H3,(H2,17,19,21,22,24). The number of methoxy groups -OCH3 is 2. The third-order valence-electron chi connectivity index (χ3n) is 3.32. The number of rotatable bonds is 5. The van der Waals surface area contributed by atoms with Crippen molar-refractivity contribution in [2.45, 2.75) is 6.92 Å². The summed E-state index contributed by atoms with van der Waals surface area (Å²) in [6.07, 6.45) is 1.57. The fraction of sp³-hybridized carbons (Fsp3) is 0.250. The Kier molecular flexibility index (Phi) is 5.02. The Balaban J connectivity index is 1.99. The Morgan fingerprint density at radius 2 is 1.92 bits per heavy atom. The molecule has 134 valence electrons. The highest BCUT2D eigenvalue weighted by molar-refractivity contribution is 5.89. The van der Waals surface area contributed by atoms with Crippen molar-refractivity contribution in [1.29, 1.82) is 0 Å². The Labute approximate surface area is 149 Å². The van der Waals surface area contributed by atoms with Gasteiger partial charge in [-0.3, -0.25) is 10.3 Å². The van der Waals surface area contributed by atoms with Gasteiger partial charge in [-0.05, 0) is 19.1 Å². The monoisotopic (exact) mass is 355 g/mol. The molecule has 0 aliphatic heterocycles. The number of fused-ring (bicyclic) bond motifs is 1. The number of pyridine rings is 1. The molecule has 0 aliphatic rings. The number of nitrogens with one attached hydrogen (secondary N) is 2. The second-order valence-corrected chi connectivity index (χ2v) is 5.06. The van der Waals surface area contributed by atoms with Crippen molar-refractivity contribution in [2.24, 2.45) is 0 Å². The summed E-state index contributed by atoms with van der Waals surface area (Å²) >= 11 is 0. The number of urea groups is 1. The molecule has 0 atom stereocenters. The molecule has 0 bridgehead atoms. The van der Waals surface area contributed by atoms with Crippen LogP contribution in [-0.4, -0.2) is 51.7 Å². The SMILES string of the molecule is CCNC(=O)Nc1ccc2ncc(-c3cc(OC)nc(OC)n3)nc2n1. The van der Waals surface area contributed by atoms with E-state index in [1.54, 1.807) is 24.4 Å². The maximum absolute atomic E-state index is 11.6. The summed E-state index contributed by atoms with van der Waals surface area (Å²) in [6, 6.07) is 4.81. The van der Waals surface area contributed by atoms with Crippen LogP contribution in [0.2, 0.25) is 0 Å². The molecule has 0 aliphatic carbocycles. The van der Waals surface area contributed by atoms with Gasteiger partial charge in [-0.1, -0.05) is 0 Å². The lowest BCUT2D eigenvalue weighted by Crippen LogP contribution is -2.28. The van der Waals surface area contributed by atoms with E-state index in [0.29, 0.717) is 40.8 Å². The van der Waals surface area contributed by atoms with Crippen LogP contribution in [0.5, 0.6) is 11.9 Å². The number of hydrogen-bond donors (Lipinski definition) is 2. The molecule has 2 N–H and O–H groups in total. The van der Waals surface area contributed by atoms with Crippen molar-refractivity contribution in [3.8, 4) is 23.3 Å². The zero-order chi connectivity index (χ0) is 18.5. The summed E-state index contributed by atoms with van der Waals surface area (Å²) in [5, 5.41) is 5.27. The van der Waals surface area contributed by atoms with Crippen molar-refractivity contribution < 1.29 is 14.3 Å². The Morgan fingerprint density at radius 3 is 2.65 bits per heavy atom. The van der Waals surface area contributed by atoms with Crippen LogP contribution in [0.3, 0.4) is 0 Å². The molecule has 10 nitrogen and oxygen atoms in total. The van der Waals surface area contributed by atoms with E-state index in [-0.39, 0.29) is 12.0 Å². The van der Waals surface area contributed by atoms with Crippen LogP contribution in [0.25, 0.3) is 22.6 Å². The summed E-state index contributed by atoms with van der Waals surface area (Å²) in [6.45, 7) is 2.34. The number of hydrogen-bond acceptors (Lipinski definition) is 8. The highest BCUT2D eigenvalue weighted by Crippen LogP contribution is 2.23. The molecule has 0 saturated carbocycles. The van der Waals surface area contributed by atoms with Gasteiger partial charge < -0.3 is 14.8 Å². The van der Waals surface area contributed by atoms with Crippen LogP contribution in [0.4, 0.5) is 10.6 Å². The van der Waals surface area contributed by atoms with Crippen molar-refractivity contribution in [3.05, 3.63) is 24.4 Å². The molecule has 3 heterocycles. The number of carbonyl (C=O) groups is 1. The predicted molar refractivity (Wildman–Crippen MR) is 94.2 cm³/mol. The zero-order valence-electron chi connectivity index (χ0n) is 14.5. The van der Waals surface area contributed by atoms with Gasteiger partial charge in [0.05, 0.1) is 20.4 Å². The third kappa shape index (κ3) is 3.74. The molecular weight excluding hydrogens is 338 g/mol. The quantitative estimate of drug-likeness (QED) is 0.708. The van der Waals surface area contributed by atoms with Crippen LogP contribution in [-0.2, 0) is 0 Å². The normalized spacial score (nSPS) is 10.4. The van der Waals surface area contributed by atoms with Gasteiger partial charge in [0.2, 0.25) is 5.88 Å². The zero-order valence-corrected chi connectivity index (χ0v) is 14.5. The largest absolute Gasteiger partial charge is 0.481 e. The van der Waals surface area contributed by atoms with Gasteiger partial charge in [-0.25, -0.2) is 14.8 Å².